The SMILES string of the molecule is Cc1cccc(S(=O)(=O)N2CC=C(c3c(C)n(Cc4ccccc4C)c4ccccc34)CC2)c1. The Hall–Kier alpha value is -3.15. The van der Waals surface area contributed by atoms with Crippen LogP contribution in [0.1, 0.15) is 34.4 Å². The van der Waals surface area contributed by atoms with Crippen LogP contribution in [0.25, 0.3) is 16.5 Å². The van der Waals surface area contributed by atoms with E-state index in [4.69, 9.17) is 0 Å². The van der Waals surface area contributed by atoms with E-state index < -0.39 is 10.0 Å². The summed E-state index contributed by atoms with van der Waals surface area (Å²) in [5, 5.41) is 1.23. The summed E-state index contributed by atoms with van der Waals surface area (Å²) in [6.45, 7) is 7.96. The molecule has 2 heterocycles. The van der Waals surface area contributed by atoms with Gasteiger partial charge >= 0.3 is 0 Å². The minimum absolute atomic E-state index is 0.371. The van der Waals surface area contributed by atoms with Gasteiger partial charge in [0.15, 0.2) is 0 Å². The van der Waals surface area contributed by atoms with Gasteiger partial charge in [0.1, 0.15) is 0 Å². The zero-order valence-electron chi connectivity index (χ0n) is 20.0. The van der Waals surface area contributed by atoms with Crippen LogP contribution in [0.15, 0.2) is 83.8 Å². The van der Waals surface area contributed by atoms with Gasteiger partial charge in [-0.25, -0.2) is 8.42 Å². The summed E-state index contributed by atoms with van der Waals surface area (Å²) in [7, 11) is -3.50. The van der Waals surface area contributed by atoms with E-state index in [0.717, 1.165) is 12.1 Å². The molecule has 0 saturated carbocycles. The molecule has 0 amide bonds. The molecule has 1 aliphatic heterocycles. The molecule has 0 aliphatic carbocycles. The van der Waals surface area contributed by atoms with Crippen molar-refractivity contribution in [2.24, 2.45) is 0 Å². The van der Waals surface area contributed by atoms with Gasteiger partial charge in [0, 0.05) is 41.8 Å². The lowest BCUT2D eigenvalue weighted by atomic mass is 9.97. The van der Waals surface area contributed by atoms with Gasteiger partial charge in [-0.1, -0.05) is 60.7 Å². The molecule has 0 saturated heterocycles. The Balaban J connectivity index is 1.50. The van der Waals surface area contributed by atoms with Crippen molar-refractivity contribution in [3.63, 3.8) is 0 Å². The summed E-state index contributed by atoms with van der Waals surface area (Å²) in [4.78, 5) is 0.371. The lowest BCUT2D eigenvalue weighted by Crippen LogP contribution is -2.34. The summed E-state index contributed by atoms with van der Waals surface area (Å²) in [6.07, 6.45) is 2.80. The van der Waals surface area contributed by atoms with Crippen molar-refractivity contribution in [2.75, 3.05) is 13.1 Å². The Morgan fingerprint density at radius 1 is 0.882 bits per heavy atom. The van der Waals surface area contributed by atoms with E-state index >= 15 is 0 Å². The van der Waals surface area contributed by atoms with E-state index in [0.29, 0.717) is 24.4 Å². The van der Waals surface area contributed by atoms with Gasteiger partial charge < -0.3 is 4.57 Å². The molecule has 0 bridgehead atoms. The minimum atomic E-state index is -3.50. The van der Waals surface area contributed by atoms with Crippen LogP contribution in [0, 0.1) is 20.8 Å². The smallest absolute Gasteiger partial charge is 0.243 e. The van der Waals surface area contributed by atoms with Crippen LogP contribution in [-0.4, -0.2) is 30.4 Å². The number of hydrogen-bond donors (Lipinski definition) is 0. The highest BCUT2D eigenvalue weighted by Crippen LogP contribution is 2.36. The summed E-state index contributed by atoms with van der Waals surface area (Å²) in [6, 6.07) is 24.2. The van der Waals surface area contributed by atoms with Crippen molar-refractivity contribution in [3.05, 3.63) is 107 Å². The zero-order valence-corrected chi connectivity index (χ0v) is 20.8. The Morgan fingerprint density at radius 2 is 1.65 bits per heavy atom. The predicted octanol–water partition coefficient (Wildman–Crippen LogP) is 6.09. The molecule has 0 spiro atoms. The summed E-state index contributed by atoms with van der Waals surface area (Å²) < 4.78 is 30.4. The van der Waals surface area contributed by atoms with Gasteiger partial charge in [-0.3, -0.25) is 0 Å². The van der Waals surface area contributed by atoms with E-state index in [1.165, 1.54) is 38.9 Å². The normalized spacial score (nSPS) is 15.0. The number of nitrogens with zero attached hydrogens (tertiary/aromatic N) is 2. The molecule has 5 rings (SSSR count). The van der Waals surface area contributed by atoms with Crippen molar-refractivity contribution in [1.82, 2.24) is 8.87 Å². The highest BCUT2D eigenvalue weighted by atomic mass is 32.2. The van der Waals surface area contributed by atoms with Crippen molar-refractivity contribution < 1.29 is 8.42 Å². The molecule has 174 valence electrons. The van der Waals surface area contributed by atoms with Crippen LogP contribution >= 0.6 is 0 Å². The number of aryl methyl sites for hydroxylation is 2. The van der Waals surface area contributed by atoms with Crippen LogP contribution < -0.4 is 0 Å². The predicted molar refractivity (Wildman–Crippen MR) is 139 cm³/mol. The molecule has 34 heavy (non-hydrogen) atoms. The molecule has 1 aliphatic rings. The van der Waals surface area contributed by atoms with Crippen molar-refractivity contribution >= 4 is 26.5 Å². The van der Waals surface area contributed by atoms with Crippen LogP contribution in [0.4, 0.5) is 0 Å². The molecule has 0 radical (unpaired) electrons. The maximum atomic E-state index is 13.2. The van der Waals surface area contributed by atoms with Gasteiger partial charge in [0.05, 0.1) is 4.90 Å². The van der Waals surface area contributed by atoms with Crippen LogP contribution in [0.2, 0.25) is 0 Å². The number of hydrogen-bond acceptors (Lipinski definition) is 2. The van der Waals surface area contributed by atoms with Crippen molar-refractivity contribution in [3.8, 4) is 0 Å². The molecular weight excluding hydrogens is 440 g/mol. The van der Waals surface area contributed by atoms with E-state index in [-0.39, 0.29) is 0 Å². The fourth-order valence-electron chi connectivity index (χ4n) is 5.02. The monoisotopic (exact) mass is 470 g/mol. The number of sulfonamides is 1. The molecule has 0 unspecified atom stereocenters. The van der Waals surface area contributed by atoms with E-state index in [2.05, 4.69) is 73.0 Å². The Labute approximate surface area is 202 Å². The fourth-order valence-corrected chi connectivity index (χ4v) is 6.50. The maximum absolute atomic E-state index is 13.2. The third-order valence-electron chi connectivity index (χ3n) is 6.94. The Bertz CT molecular complexity index is 1510. The first-order chi connectivity index (χ1) is 16.4. The lowest BCUT2D eigenvalue weighted by Gasteiger charge is -2.26. The average Bonchev–Trinajstić information content (AvgIpc) is 3.12. The first-order valence-corrected chi connectivity index (χ1v) is 13.2. The quantitative estimate of drug-likeness (QED) is 0.354. The first kappa shape index (κ1) is 22.6. The Kier molecular flexibility index (Phi) is 5.92. The summed E-state index contributed by atoms with van der Waals surface area (Å²) in [5.41, 5.74) is 8.47. The zero-order chi connectivity index (χ0) is 23.9. The number of para-hydroxylation sites is 1. The molecule has 1 aromatic heterocycles. The number of rotatable bonds is 5. The average molecular weight is 471 g/mol. The van der Waals surface area contributed by atoms with Gasteiger partial charge in [-0.05, 0) is 67.7 Å². The number of benzene rings is 3. The molecular formula is C29H30N2O2S. The molecule has 4 nitrogen and oxygen atoms in total. The van der Waals surface area contributed by atoms with Crippen LogP contribution in [0.3, 0.4) is 0 Å². The highest BCUT2D eigenvalue weighted by molar-refractivity contribution is 7.89. The van der Waals surface area contributed by atoms with Crippen LogP contribution in [-0.2, 0) is 16.6 Å². The number of aromatic nitrogens is 1. The minimum Gasteiger partial charge on any atom is -0.340 e. The third-order valence-corrected chi connectivity index (χ3v) is 8.80. The van der Waals surface area contributed by atoms with Gasteiger partial charge in [-0.15, -0.1) is 0 Å². The second-order valence-corrected chi connectivity index (χ2v) is 11.1. The van der Waals surface area contributed by atoms with E-state index in [1.807, 2.05) is 13.0 Å². The third kappa shape index (κ3) is 3.99. The topological polar surface area (TPSA) is 42.3 Å². The molecule has 0 fully saturated rings. The molecule has 4 aromatic rings. The molecule has 3 aromatic carbocycles. The van der Waals surface area contributed by atoms with Crippen molar-refractivity contribution in [1.29, 1.82) is 0 Å². The number of fused-ring (bicyclic) bond motifs is 1. The standard InChI is InChI=1S/C29H30N2O2S/c1-21-9-8-12-26(19-21)34(32,33)30-17-15-24(16-18-30)29-23(3)31(28-14-7-6-13-27(28)29)20-25-11-5-4-10-22(25)2/h4-15,19H,16-18,20H2,1-3H3. The first-order valence-electron chi connectivity index (χ1n) is 11.7. The van der Waals surface area contributed by atoms with E-state index in [9.17, 15) is 8.42 Å². The Morgan fingerprint density at radius 3 is 2.38 bits per heavy atom. The highest BCUT2D eigenvalue weighted by Gasteiger charge is 2.28. The van der Waals surface area contributed by atoms with Crippen LogP contribution in [0.5, 0.6) is 0 Å². The lowest BCUT2D eigenvalue weighted by molar-refractivity contribution is 0.441. The molecule has 0 atom stereocenters. The maximum Gasteiger partial charge on any atom is 0.243 e. The summed E-state index contributed by atoms with van der Waals surface area (Å²) >= 11 is 0. The van der Waals surface area contributed by atoms with E-state index in [1.54, 1.807) is 22.5 Å². The fraction of sp³-hybridized carbons (Fsp3) is 0.241. The second-order valence-electron chi connectivity index (χ2n) is 9.15. The van der Waals surface area contributed by atoms with Gasteiger partial charge in [0.2, 0.25) is 10.0 Å². The van der Waals surface area contributed by atoms with Gasteiger partial charge in [0.25, 0.3) is 0 Å². The van der Waals surface area contributed by atoms with Crippen molar-refractivity contribution in [2.45, 2.75) is 38.6 Å². The molecule has 5 heteroatoms. The largest absolute Gasteiger partial charge is 0.340 e. The summed E-state index contributed by atoms with van der Waals surface area (Å²) in [5.74, 6) is 0. The molecule has 0 N–H and O–H groups in total. The van der Waals surface area contributed by atoms with Gasteiger partial charge in [-0.2, -0.15) is 4.31 Å². The second kappa shape index (κ2) is 8.90.